The highest BCUT2D eigenvalue weighted by molar-refractivity contribution is 5.40. The lowest BCUT2D eigenvalue weighted by Gasteiger charge is -2.01. The van der Waals surface area contributed by atoms with Gasteiger partial charge in [0.05, 0.1) is 0 Å². The highest BCUT2D eigenvalue weighted by Gasteiger charge is 2.36. The van der Waals surface area contributed by atoms with Gasteiger partial charge in [-0.15, -0.1) is 0 Å². The summed E-state index contributed by atoms with van der Waals surface area (Å²) in [5.74, 6) is -0.00942. The summed E-state index contributed by atoms with van der Waals surface area (Å²) in [6.45, 7) is 1.31. The highest BCUT2D eigenvalue weighted by Crippen LogP contribution is 2.33. The monoisotopic (exact) mass is 175 g/mol. The molecule has 0 N–H and O–H groups in total. The zero-order valence-electron chi connectivity index (χ0n) is 6.07. The van der Waals surface area contributed by atoms with Gasteiger partial charge >= 0.3 is 6.18 Å². The number of rotatable bonds is 0. The minimum absolute atomic E-state index is 0.00942. The van der Waals surface area contributed by atoms with E-state index in [1.54, 1.807) is 0 Å². The summed E-state index contributed by atoms with van der Waals surface area (Å²) in [4.78, 5) is 0. The van der Waals surface area contributed by atoms with Crippen molar-refractivity contribution in [2.24, 2.45) is 0 Å². The number of nitriles is 1. The number of alkyl halides is 3. The molecule has 0 atom stereocenters. The molecule has 1 aromatic rings. The van der Waals surface area contributed by atoms with Crippen molar-refractivity contribution < 1.29 is 17.6 Å². The molecule has 1 aromatic heterocycles. The van der Waals surface area contributed by atoms with Crippen molar-refractivity contribution in [3.05, 3.63) is 23.2 Å². The van der Waals surface area contributed by atoms with Crippen LogP contribution in [0.15, 0.2) is 10.7 Å². The molecule has 0 aromatic carbocycles. The summed E-state index contributed by atoms with van der Waals surface area (Å²) in [5, 5.41) is 8.34. The van der Waals surface area contributed by atoms with Crippen molar-refractivity contribution in [3.63, 3.8) is 0 Å². The van der Waals surface area contributed by atoms with Gasteiger partial charge in [-0.05, 0) is 6.92 Å². The summed E-state index contributed by atoms with van der Waals surface area (Å²) < 4.78 is 40.6. The zero-order valence-corrected chi connectivity index (χ0v) is 6.07. The van der Waals surface area contributed by atoms with Crippen LogP contribution < -0.4 is 0 Å². The van der Waals surface area contributed by atoms with Crippen molar-refractivity contribution >= 4 is 0 Å². The number of furan rings is 1. The van der Waals surface area contributed by atoms with Gasteiger partial charge in [-0.1, -0.05) is 0 Å². The zero-order chi connectivity index (χ0) is 9.35. The number of hydrogen-bond donors (Lipinski definition) is 0. The lowest BCUT2D eigenvalue weighted by atomic mass is 10.2. The molecule has 0 amide bonds. The van der Waals surface area contributed by atoms with Gasteiger partial charge in [0.2, 0.25) is 0 Å². The molecule has 0 saturated heterocycles. The lowest BCUT2D eigenvalue weighted by Crippen LogP contribution is -2.05. The Bertz CT molecular complexity index is 331. The molecule has 0 spiro atoms. The van der Waals surface area contributed by atoms with Crippen LogP contribution in [0.25, 0.3) is 0 Å². The van der Waals surface area contributed by atoms with Gasteiger partial charge in [0.1, 0.15) is 29.2 Å². The standard InChI is InChI=1S/C7H4F3NO/c1-4-5(2-11)6(3-12-4)7(8,9)10/h3H,1H3. The first-order valence-corrected chi connectivity index (χ1v) is 3.02. The van der Waals surface area contributed by atoms with E-state index in [2.05, 4.69) is 4.42 Å². The predicted molar refractivity (Wildman–Crippen MR) is 33.2 cm³/mol. The van der Waals surface area contributed by atoms with Crippen LogP contribution in [-0.2, 0) is 6.18 Å². The van der Waals surface area contributed by atoms with Crippen molar-refractivity contribution in [1.29, 1.82) is 5.26 Å². The minimum atomic E-state index is -4.51. The molecule has 0 aliphatic carbocycles. The van der Waals surface area contributed by atoms with E-state index in [1.807, 2.05) is 0 Å². The summed E-state index contributed by atoms with van der Waals surface area (Å²) in [5.41, 5.74) is -1.45. The maximum Gasteiger partial charge on any atom is 0.420 e. The van der Waals surface area contributed by atoms with Crippen LogP contribution in [0.1, 0.15) is 16.9 Å². The van der Waals surface area contributed by atoms with E-state index >= 15 is 0 Å². The Balaban J connectivity index is 3.28. The van der Waals surface area contributed by atoms with Crippen molar-refractivity contribution in [2.75, 3.05) is 0 Å². The smallest absolute Gasteiger partial charge is 0.420 e. The Morgan fingerprint density at radius 2 is 2.08 bits per heavy atom. The van der Waals surface area contributed by atoms with Gasteiger partial charge in [-0.2, -0.15) is 18.4 Å². The molecule has 0 unspecified atom stereocenters. The normalized spacial score (nSPS) is 11.2. The van der Waals surface area contributed by atoms with Crippen LogP contribution in [0, 0.1) is 18.3 Å². The molecule has 0 bridgehead atoms. The van der Waals surface area contributed by atoms with Crippen molar-refractivity contribution in [1.82, 2.24) is 0 Å². The summed E-state index contributed by atoms with van der Waals surface area (Å²) in [6, 6.07) is 1.44. The number of hydrogen-bond acceptors (Lipinski definition) is 2. The number of halogens is 3. The van der Waals surface area contributed by atoms with Gasteiger partial charge in [0.15, 0.2) is 0 Å². The Kier molecular flexibility index (Phi) is 1.84. The third-order valence-corrected chi connectivity index (χ3v) is 1.39. The molecule has 0 radical (unpaired) electrons. The van der Waals surface area contributed by atoms with E-state index in [0.29, 0.717) is 6.26 Å². The predicted octanol–water partition coefficient (Wildman–Crippen LogP) is 2.48. The molecule has 0 saturated carbocycles. The van der Waals surface area contributed by atoms with E-state index in [0.717, 1.165) is 0 Å². The molecule has 64 valence electrons. The Hall–Kier alpha value is -1.44. The van der Waals surface area contributed by atoms with Crippen LogP contribution in [0.3, 0.4) is 0 Å². The summed E-state index contributed by atoms with van der Waals surface area (Å²) in [6.07, 6.45) is -3.96. The Labute approximate surface area is 66.2 Å². The fraction of sp³-hybridized carbons (Fsp3) is 0.286. The van der Waals surface area contributed by atoms with Gasteiger partial charge in [-0.25, -0.2) is 0 Å². The first-order valence-electron chi connectivity index (χ1n) is 3.02. The number of aryl methyl sites for hydroxylation is 1. The highest BCUT2D eigenvalue weighted by atomic mass is 19.4. The van der Waals surface area contributed by atoms with E-state index in [9.17, 15) is 13.2 Å². The summed E-state index contributed by atoms with van der Waals surface area (Å²) in [7, 11) is 0. The summed E-state index contributed by atoms with van der Waals surface area (Å²) >= 11 is 0. The SMILES string of the molecule is Cc1occ(C(F)(F)F)c1C#N. The second-order valence-electron chi connectivity index (χ2n) is 2.19. The molecular formula is C7H4F3NO. The molecule has 2 nitrogen and oxygen atoms in total. The molecule has 0 aliphatic heterocycles. The van der Waals surface area contributed by atoms with E-state index < -0.39 is 17.3 Å². The molecule has 0 aliphatic rings. The second kappa shape index (κ2) is 2.55. The van der Waals surface area contributed by atoms with Gasteiger partial charge < -0.3 is 4.42 Å². The average Bonchev–Trinajstić information content (AvgIpc) is 2.29. The van der Waals surface area contributed by atoms with Gasteiger partial charge in [-0.3, -0.25) is 0 Å². The van der Waals surface area contributed by atoms with E-state index in [-0.39, 0.29) is 5.76 Å². The van der Waals surface area contributed by atoms with Crippen LogP contribution in [0.5, 0.6) is 0 Å². The Morgan fingerprint density at radius 3 is 2.42 bits per heavy atom. The maximum atomic E-state index is 12.0. The molecule has 0 fully saturated rings. The third kappa shape index (κ3) is 1.28. The maximum absolute atomic E-state index is 12.0. The first kappa shape index (κ1) is 8.65. The van der Waals surface area contributed by atoms with E-state index in [4.69, 9.17) is 5.26 Å². The molecule has 1 heterocycles. The fourth-order valence-electron chi connectivity index (χ4n) is 0.802. The fourth-order valence-corrected chi connectivity index (χ4v) is 0.802. The number of nitrogens with zero attached hydrogens (tertiary/aromatic N) is 1. The van der Waals surface area contributed by atoms with Crippen LogP contribution in [0.2, 0.25) is 0 Å². The Morgan fingerprint density at radius 1 is 1.50 bits per heavy atom. The quantitative estimate of drug-likeness (QED) is 0.607. The van der Waals surface area contributed by atoms with Crippen molar-refractivity contribution in [2.45, 2.75) is 13.1 Å². The lowest BCUT2D eigenvalue weighted by molar-refractivity contribution is -0.138. The third-order valence-electron chi connectivity index (χ3n) is 1.39. The molecule has 1 rings (SSSR count). The van der Waals surface area contributed by atoms with E-state index in [1.165, 1.54) is 13.0 Å². The second-order valence-corrected chi connectivity index (χ2v) is 2.19. The molecule has 5 heteroatoms. The van der Waals surface area contributed by atoms with Crippen LogP contribution in [-0.4, -0.2) is 0 Å². The molecular weight excluding hydrogens is 171 g/mol. The van der Waals surface area contributed by atoms with Crippen LogP contribution in [0.4, 0.5) is 13.2 Å². The minimum Gasteiger partial charge on any atom is -0.468 e. The van der Waals surface area contributed by atoms with Gasteiger partial charge in [0.25, 0.3) is 0 Å². The topological polar surface area (TPSA) is 36.9 Å². The van der Waals surface area contributed by atoms with Crippen LogP contribution >= 0.6 is 0 Å². The largest absolute Gasteiger partial charge is 0.468 e. The molecule has 12 heavy (non-hydrogen) atoms. The average molecular weight is 175 g/mol. The van der Waals surface area contributed by atoms with Gasteiger partial charge in [0, 0.05) is 0 Å². The first-order chi connectivity index (χ1) is 5.46. The van der Waals surface area contributed by atoms with Crippen molar-refractivity contribution in [3.8, 4) is 6.07 Å².